The average Bonchev–Trinajstić information content (AvgIpc) is 2.74. The van der Waals surface area contributed by atoms with E-state index in [1.165, 1.54) is 19.4 Å². The monoisotopic (exact) mass is 407 g/mol. The van der Waals surface area contributed by atoms with Gasteiger partial charge in [-0.3, -0.25) is 9.59 Å². The molecular weight excluding hydrogens is 378 g/mol. The number of benzene rings is 2. The van der Waals surface area contributed by atoms with Crippen LogP contribution in [-0.2, 0) is 16.1 Å². The summed E-state index contributed by atoms with van der Waals surface area (Å²) < 4.78 is 11.7. The quantitative estimate of drug-likeness (QED) is 0.347. The molecule has 1 aromatic heterocycles. The standard InChI is InChI=1S/C25H29NO4/c1-3-4-5-6-13-22(30-18(2)27)21-12-8-7-10-20(21)17-29-23-14-9-11-19-15-16-24(28)26-25(19)23/h7-12,14-16,22H,3-6,13,17H2,1-2H3,(H,26,28). The summed E-state index contributed by atoms with van der Waals surface area (Å²) in [6.07, 6.45) is 4.97. The maximum atomic E-state index is 11.7. The van der Waals surface area contributed by atoms with E-state index in [-0.39, 0.29) is 17.6 Å². The first-order valence-electron chi connectivity index (χ1n) is 10.6. The van der Waals surface area contributed by atoms with Crippen molar-refractivity contribution in [2.24, 2.45) is 0 Å². The Kier molecular flexibility index (Phi) is 7.66. The van der Waals surface area contributed by atoms with Gasteiger partial charge in [0.2, 0.25) is 5.56 Å². The van der Waals surface area contributed by atoms with Gasteiger partial charge in [-0.1, -0.05) is 62.6 Å². The first-order valence-corrected chi connectivity index (χ1v) is 10.6. The molecular formula is C25H29NO4. The van der Waals surface area contributed by atoms with E-state index in [0.717, 1.165) is 42.2 Å². The van der Waals surface area contributed by atoms with Crippen molar-refractivity contribution in [1.82, 2.24) is 4.98 Å². The number of fused-ring (bicyclic) bond motifs is 1. The van der Waals surface area contributed by atoms with Crippen molar-refractivity contribution < 1.29 is 14.3 Å². The van der Waals surface area contributed by atoms with Gasteiger partial charge in [0.05, 0.1) is 5.52 Å². The zero-order chi connectivity index (χ0) is 21.3. The fourth-order valence-corrected chi connectivity index (χ4v) is 3.64. The Hall–Kier alpha value is -3.08. The first-order chi connectivity index (χ1) is 14.6. The molecule has 0 aliphatic carbocycles. The van der Waals surface area contributed by atoms with Gasteiger partial charge >= 0.3 is 5.97 Å². The molecule has 0 spiro atoms. The highest BCUT2D eigenvalue weighted by molar-refractivity contribution is 5.84. The van der Waals surface area contributed by atoms with Crippen LogP contribution in [-0.4, -0.2) is 11.0 Å². The van der Waals surface area contributed by atoms with Crippen LogP contribution in [0.3, 0.4) is 0 Å². The number of H-pyrrole nitrogens is 1. The van der Waals surface area contributed by atoms with Crippen LogP contribution in [0.2, 0.25) is 0 Å². The van der Waals surface area contributed by atoms with Crippen molar-refractivity contribution in [1.29, 1.82) is 0 Å². The fourth-order valence-electron chi connectivity index (χ4n) is 3.64. The number of nitrogens with one attached hydrogen (secondary N) is 1. The minimum Gasteiger partial charge on any atom is -0.487 e. The van der Waals surface area contributed by atoms with Crippen LogP contribution < -0.4 is 10.3 Å². The predicted molar refractivity (Wildman–Crippen MR) is 119 cm³/mol. The number of rotatable bonds is 10. The van der Waals surface area contributed by atoms with Crippen molar-refractivity contribution in [3.05, 3.63) is 76.1 Å². The number of para-hydroxylation sites is 1. The summed E-state index contributed by atoms with van der Waals surface area (Å²) in [6, 6.07) is 16.9. The fraction of sp³-hybridized carbons (Fsp3) is 0.360. The molecule has 3 aromatic rings. The second-order valence-electron chi connectivity index (χ2n) is 7.48. The van der Waals surface area contributed by atoms with Crippen LogP contribution in [0.5, 0.6) is 5.75 Å². The number of hydrogen-bond donors (Lipinski definition) is 1. The molecule has 1 atom stereocenters. The van der Waals surface area contributed by atoms with Crippen molar-refractivity contribution in [2.75, 3.05) is 0 Å². The number of carbonyl (C=O) groups excluding carboxylic acids is 1. The Bertz CT molecular complexity index is 1040. The minimum atomic E-state index is -0.286. The SMILES string of the molecule is CCCCCCC(OC(C)=O)c1ccccc1COc1cccc2ccc(=O)[nH]c12. The third kappa shape index (κ3) is 5.72. The lowest BCUT2D eigenvalue weighted by atomic mass is 9.98. The Labute approximate surface area is 177 Å². The van der Waals surface area contributed by atoms with E-state index in [9.17, 15) is 9.59 Å². The van der Waals surface area contributed by atoms with Crippen LogP contribution >= 0.6 is 0 Å². The molecule has 5 nitrogen and oxygen atoms in total. The summed E-state index contributed by atoms with van der Waals surface area (Å²) in [5, 5.41) is 0.911. The highest BCUT2D eigenvalue weighted by Gasteiger charge is 2.18. The molecule has 0 fully saturated rings. The van der Waals surface area contributed by atoms with Crippen molar-refractivity contribution in [3.8, 4) is 5.75 Å². The summed E-state index contributed by atoms with van der Waals surface area (Å²) in [7, 11) is 0. The Morgan fingerprint density at radius 3 is 2.63 bits per heavy atom. The smallest absolute Gasteiger partial charge is 0.303 e. The molecule has 158 valence electrons. The molecule has 1 unspecified atom stereocenters. The van der Waals surface area contributed by atoms with Gasteiger partial charge in [0, 0.05) is 18.4 Å². The van der Waals surface area contributed by atoms with E-state index in [1.54, 1.807) is 6.07 Å². The third-order valence-corrected chi connectivity index (χ3v) is 5.13. The molecule has 0 aliphatic rings. The maximum Gasteiger partial charge on any atom is 0.303 e. The average molecular weight is 408 g/mol. The van der Waals surface area contributed by atoms with Crippen LogP contribution in [0.25, 0.3) is 10.9 Å². The largest absolute Gasteiger partial charge is 0.487 e. The van der Waals surface area contributed by atoms with E-state index in [4.69, 9.17) is 9.47 Å². The molecule has 0 aliphatic heterocycles. The zero-order valence-corrected chi connectivity index (χ0v) is 17.6. The lowest BCUT2D eigenvalue weighted by molar-refractivity contribution is -0.147. The van der Waals surface area contributed by atoms with Gasteiger partial charge < -0.3 is 14.5 Å². The third-order valence-electron chi connectivity index (χ3n) is 5.13. The van der Waals surface area contributed by atoms with Crippen LogP contribution in [0.4, 0.5) is 0 Å². The van der Waals surface area contributed by atoms with E-state index < -0.39 is 0 Å². The van der Waals surface area contributed by atoms with Gasteiger partial charge in [0.15, 0.2) is 0 Å². The number of pyridine rings is 1. The number of esters is 1. The highest BCUT2D eigenvalue weighted by Crippen LogP contribution is 2.29. The van der Waals surface area contributed by atoms with Crippen molar-refractivity contribution >= 4 is 16.9 Å². The van der Waals surface area contributed by atoms with Crippen LogP contribution in [0.15, 0.2) is 59.4 Å². The molecule has 3 rings (SSSR count). The number of ether oxygens (including phenoxy) is 2. The molecule has 1 heterocycles. The number of aromatic nitrogens is 1. The van der Waals surface area contributed by atoms with Gasteiger partial charge in [0.1, 0.15) is 18.5 Å². The molecule has 5 heteroatoms. The lowest BCUT2D eigenvalue weighted by Gasteiger charge is -2.21. The highest BCUT2D eigenvalue weighted by atomic mass is 16.5. The lowest BCUT2D eigenvalue weighted by Crippen LogP contribution is -2.12. The molecule has 2 aromatic carbocycles. The van der Waals surface area contributed by atoms with Gasteiger partial charge in [-0.25, -0.2) is 0 Å². The molecule has 0 bridgehead atoms. The van der Waals surface area contributed by atoms with E-state index in [0.29, 0.717) is 17.9 Å². The molecule has 1 N–H and O–H groups in total. The zero-order valence-electron chi connectivity index (χ0n) is 17.6. The molecule has 0 amide bonds. The van der Waals surface area contributed by atoms with E-state index in [1.807, 2.05) is 42.5 Å². The summed E-state index contributed by atoms with van der Waals surface area (Å²) in [5.74, 6) is 0.338. The number of carbonyl (C=O) groups is 1. The van der Waals surface area contributed by atoms with Crippen LogP contribution in [0.1, 0.15) is 63.2 Å². The molecule has 0 saturated carbocycles. The van der Waals surface area contributed by atoms with Gasteiger partial charge in [-0.2, -0.15) is 0 Å². The maximum absolute atomic E-state index is 11.7. The summed E-state index contributed by atoms with van der Waals surface area (Å²) in [6.45, 7) is 3.94. The Balaban J connectivity index is 1.81. The molecule has 30 heavy (non-hydrogen) atoms. The number of unbranched alkanes of at least 4 members (excludes halogenated alkanes) is 3. The van der Waals surface area contributed by atoms with E-state index >= 15 is 0 Å². The summed E-state index contributed by atoms with van der Waals surface area (Å²) in [4.78, 5) is 26.3. The minimum absolute atomic E-state index is 0.166. The van der Waals surface area contributed by atoms with Gasteiger partial charge in [-0.05, 0) is 36.1 Å². The van der Waals surface area contributed by atoms with Gasteiger partial charge in [-0.15, -0.1) is 0 Å². The second kappa shape index (κ2) is 10.6. The summed E-state index contributed by atoms with van der Waals surface area (Å²) >= 11 is 0. The van der Waals surface area contributed by atoms with Crippen molar-refractivity contribution in [3.63, 3.8) is 0 Å². The van der Waals surface area contributed by atoms with Crippen LogP contribution in [0, 0.1) is 0 Å². The molecule has 0 saturated heterocycles. The Morgan fingerprint density at radius 1 is 1.00 bits per heavy atom. The van der Waals surface area contributed by atoms with E-state index in [2.05, 4.69) is 11.9 Å². The topological polar surface area (TPSA) is 68.4 Å². The Morgan fingerprint density at radius 2 is 1.83 bits per heavy atom. The first kappa shape index (κ1) is 21.6. The number of aromatic amines is 1. The molecule has 0 radical (unpaired) electrons. The van der Waals surface area contributed by atoms with Crippen molar-refractivity contribution in [2.45, 2.75) is 58.7 Å². The summed E-state index contributed by atoms with van der Waals surface area (Å²) in [5.41, 5.74) is 2.45. The number of hydrogen-bond acceptors (Lipinski definition) is 4. The predicted octanol–water partition coefficient (Wildman–Crippen LogP) is 5.68. The normalized spacial score (nSPS) is 11.9. The second-order valence-corrected chi connectivity index (χ2v) is 7.48. The van der Waals surface area contributed by atoms with Gasteiger partial charge in [0.25, 0.3) is 0 Å².